The molecule has 0 heterocycles. The fraction of sp³-hybridized carbons (Fsp3) is 0.100. The molecule has 0 bridgehead atoms. The number of benzene rings is 3. The molecule has 1 N–H and O–H groups in total. The maximum Gasteiger partial charge on any atom is 0.120 e. The van der Waals surface area contributed by atoms with Crippen molar-refractivity contribution in [3.8, 4) is 5.75 Å². The zero-order valence-corrected chi connectivity index (χ0v) is 16.6. The summed E-state index contributed by atoms with van der Waals surface area (Å²) in [4.78, 5) is 0. The molecule has 0 saturated heterocycles. The van der Waals surface area contributed by atoms with Gasteiger partial charge in [-0.15, -0.1) is 0 Å². The first-order valence-corrected chi connectivity index (χ1v) is 9.37. The Hall–Kier alpha value is -1.58. The van der Waals surface area contributed by atoms with Gasteiger partial charge < -0.3 is 10.1 Å². The normalized spacial score (nSPS) is 10.6. The fourth-order valence-corrected chi connectivity index (χ4v) is 3.31. The van der Waals surface area contributed by atoms with E-state index in [2.05, 4.69) is 5.32 Å². The van der Waals surface area contributed by atoms with Crippen LogP contribution >= 0.6 is 46.4 Å². The van der Waals surface area contributed by atoms with E-state index in [4.69, 9.17) is 51.1 Å². The number of hydrogen-bond acceptors (Lipinski definition) is 2. The van der Waals surface area contributed by atoms with E-state index in [9.17, 15) is 0 Å². The Bertz CT molecular complexity index is 843. The van der Waals surface area contributed by atoms with E-state index in [1.165, 1.54) is 0 Å². The smallest absolute Gasteiger partial charge is 0.120 e. The lowest BCUT2D eigenvalue weighted by molar-refractivity contribution is 0.306. The predicted octanol–water partition coefficient (Wildman–Crippen LogP) is 7.49. The molecule has 3 rings (SSSR count). The number of halogens is 4. The summed E-state index contributed by atoms with van der Waals surface area (Å²) in [5.41, 5.74) is 2.78. The summed E-state index contributed by atoms with van der Waals surface area (Å²) in [6.07, 6.45) is 0. The number of rotatable bonds is 6. The topological polar surface area (TPSA) is 21.3 Å². The molecular formula is C20H15Cl4NO. The molecule has 0 aliphatic heterocycles. The molecule has 2 nitrogen and oxygen atoms in total. The molecule has 0 aromatic heterocycles. The molecule has 26 heavy (non-hydrogen) atoms. The van der Waals surface area contributed by atoms with Crippen LogP contribution in [-0.4, -0.2) is 0 Å². The van der Waals surface area contributed by atoms with Crippen molar-refractivity contribution >= 4 is 52.1 Å². The van der Waals surface area contributed by atoms with Gasteiger partial charge in [0.05, 0.1) is 10.7 Å². The van der Waals surface area contributed by atoms with Gasteiger partial charge in [-0.2, -0.15) is 0 Å². The zero-order chi connectivity index (χ0) is 18.5. The number of hydrogen-bond donors (Lipinski definition) is 1. The summed E-state index contributed by atoms with van der Waals surface area (Å²) in [5, 5.41) is 5.68. The van der Waals surface area contributed by atoms with Gasteiger partial charge in [0.25, 0.3) is 0 Å². The van der Waals surface area contributed by atoms with Crippen LogP contribution in [0.2, 0.25) is 20.1 Å². The number of anilines is 1. The first-order chi connectivity index (χ1) is 12.5. The van der Waals surface area contributed by atoms with Crippen LogP contribution in [0.25, 0.3) is 0 Å². The van der Waals surface area contributed by atoms with Crippen LogP contribution in [0.1, 0.15) is 11.1 Å². The van der Waals surface area contributed by atoms with E-state index in [1.807, 2.05) is 36.4 Å². The highest BCUT2D eigenvalue weighted by Gasteiger charge is 2.05. The lowest BCUT2D eigenvalue weighted by Crippen LogP contribution is -2.01. The molecule has 134 valence electrons. The lowest BCUT2D eigenvalue weighted by Gasteiger charge is -2.11. The molecule has 0 atom stereocenters. The van der Waals surface area contributed by atoms with Crippen molar-refractivity contribution in [2.24, 2.45) is 0 Å². The minimum absolute atomic E-state index is 0.371. The number of nitrogens with one attached hydrogen (secondary N) is 1. The molecule has 0 aliphatic rings. The Morgan fingerprint density at radius 3 is 2.23 bits per heavy atom. The van der Waals surface area contributed by atoms with Gasteiger partial charge >= 0.3 is 0 Å². The van der Waals surface area contributed by atoms with E-state index in [0.717, 1.165) is 22.6 Å². The minimum Gasteiger partial charge on any atom is -0.489 e. The van der Waals surface area contributed by atoms with Gasteiger partial charge in [0.2, 0.25) is 0 Å². The summed E-state index contributed by atoms with van der Waals surface area (Å²) in [7, 11) is 0. The van der Waals surface area contributed by atoms with Crippen molar-refractivity contribution in [1.29, 1.82) is 0 Å². The van der Waals surface area contributed by atoms with Crippen molar-refractivity contribution in [2.45, 2.75) is 13.2 Å². The average Bonchev–Trinajstić information content (AvgIpc) is 2.61. The Labute approximate surface area is 172 Å². The van der Waals surface area contributed by atoms with Crippen LogP contribution in [0.15, 0.2) is 60.7 Å². The molecule has 6 heteroatoms. The van der Waals surface area contributed by atoms with E-state index < -0.39 is 0 Å². The van der Waals surface area contributed by atoms with Crippen molar-refractivity contribution in [3.63, 3.8) is 0 Å². The lowest BCUT2D eigenvalue weighted by atomic mass is 10.2. The van der Waals surface area contributed by atoms with Gasteiger partial charge in [0.15, 0.2) is 0 Å². The number of ether oxygens (including phenoxy) is 1. The molecule has 0 spiro atoms. The van der Waals surface area contributed by atoms with Gasteiger partial charge in [-0.05, 0) is 48.0 Å². The SMILES string of the molecule is Clc1ccc(COc2cccc(CNc3ccc(Cl)cc3Cl)c2)c(Cl)c1. The molecule has 0 amide bonds. The molecule has 3 aromatic rings. The molecule has 3 aromatic carbocycles. The van der Waals surface area contributed by atoms with Crippen LogP contribution in [-0.2, 0) is 13.2 Å². The van der Waals surface area contributed by atoms with E-state index in [0.29, 0.717) is 33.2 Å². The van der Waals surface area contributed by atoms with E-state index in [-0.39, 0.29) is 0 Å². The summed E-state index contributed by atoms with van der Waals surface area (Å²) in [6, 6.07) is 18.6. The quantitative estimate of drug-likeness (QED) is 0.440. The average molecular weight is 427 g/mol. The van der Waals surface area contributed by atoms with Gasteiger partial charge in [0.1, 0.15) is 12.4 Å². The van der Waals surface area contributed by atoms with Gasteiger partial charge in [-0.25, -0.2) is 0 Å². The second-order valence-corrected chi connectivity index (χ2v) is 7.34. The molecule has 0 unspecified atom stereocenters. The summed E-state index contributed by atoms with van der Waals surface area (Å²) in [5.74, 6) is 0.762. The van der Waals surface area contributed by atoms with E-state index in [1.54, 1.807) is 24.3 Å². The summed E-state index contributed by atoms with van der Waals surface area (Å²) < 4.78 is 5.85. The third-order valence-electron chi connectivity index (χ3n) is 3.72. The summed E-state index contributed by atoms with van der Waals surface area (Å²) in [6.45, 7) is 0.982. The highest BCUT2D eigenvalue weighted by molar-refractivity contribution is 6.36. The van der Waals surface area contributed by atoms with Gasteiger partial charge in [-0.3, -0.25) is 0 Å². The molecule has 0 saturated carbocycles. The monoisotopic (exact) mass is 425 g/mol. The molecule has 0 aliphatic carbocycles. The first kappa shape index (κ1) is 19.2. The molecule has 0 fully saturated rings. The fourth-order valence-electron chi connectivity index (χ4n) is 2.38. The van der Waals surface area contributed by atoms with Gasteiger partial charge in [0, 0.05) is 27.2 Å². The Balaban J connectivity index is 1.62. The Kier molecular flexibility index (Phi) is 6.55. The third kappa shape index (κ3) is 5.21. The standard InChI is InChI=1S/C20H15Cl4NO/c21-15-5-4-14(18(23)9-15)12-26-17-3-1-2-13(8-17)11-25-20-7-6-16(22)10-19(20)24/h1-10,25H,11-12H2. The Morgan fingerprint density at radius 1 is 0.769 bits per heavy atom. The van der Waals surface area contributed by atoms with Crippen LogP contribution in [0.4, 0.5) is 5.69 Å². The van der Waals surface area contributed by atoms with Crippen molar-refractivity contribution < 1.29 is 4.74 Å². The first-order valence-electron chi connectivity index (χ1n) is 7.86. The second kappa shape index (κ2) is 8.88. The van der Waals surface area contributed by atoms with Gasteiger partial charge in [-0.1, -0.05) is 64.6 Å². The van der Waals surface area contributed by atoms with Crippen molar-refractivity contribution in [2.75, 3.05) is 5.32 Å². The largest absolute Gasteiger partial charge is 0.489 e. The maximum absolute atomic E-state index is 6.18. The third-order valence-corrected chi connectivity index (χ3v) is 4.86. The predicted molar refractivity (Wildman–Crippen MR) is 111 cm³/mol. The molecular weight excluding hydrogens is 412 g/mol. The van der Waals surface area contributed by atoms with Crippen molar-refractivity contribution in [3.05, 3.63) is 91.9 Å². The van der Waals surface area contributed by atoms with Crippen LogP contribution in [0.3, 0.4) is 0 Å². The molecule has 0 radical (unpaired) electrons. The van der Waals surface area contributed by atoms with E-state index >= 15 is 0 Å². The summed E-state index contributed by atoms with van der Waals surface area (Å²) >= 11 is 24.2. The second-order valence-electron chi connectivity index (χ2n) is 5.65. The van der Waals surface area contributed by atoms with Crippen LogP contribution in [0, 0.1) is 0 Å². The Morgan fingerprint density at radius 2 is 1.50 bits per heavy atom. The highest BCUT2D eigenvalue weighted by Crippen LogP contribution is 2.26. The van der Waals surface area contributed by atoms with Crippen LogP contribution in [0.5, 0.6) is 5.75 Å². The van der Waals surface area contributed by atoms with Crippen molar-refractivity contribution in [1.82, 2.24) is 0 Å². The highest BCUT2D eigenvalue weighted by atomic mass is 35.5. The maximum atomic E-state index is 6.18. The zero-order valence-electron chi connectivity index (χ0n) is 13.6. The van der Waals surface area contributed by atoms with Crippen LogP contribution < -0.4 is 10.1 Å². The minimum atomic E-state index is 0.371.